The van der Waals surface area contributed by atoms with Crippen molar-refractivity contribution in [3.05, 3.63) is 0 Å². The lowest BCUT2D eigenvalue weighted by Crippen LogP contribution is -2.58. The molecule has 0 aromatic rings. The van der Waals surface area contributed by atoms with Crippen LogP contribution < -0.4 is 22.1 Å². The number of nitrogens with zero attached hydrogens (tertiary/aromatic N) is 1. The molecular formula is C18H31N5O7. The zero-order chi connectivity index (χ0) is 23.0. The van der Waals surface area contributed by atoms with Gasteiger partial charge in [-0.05, 0) is 18.8 Å². The Morgan fingerprint density at radius 1 is 1.20 bits per heavy atom. The number of rotatable bonds is 11. The molecule has 170 valence electrons. The van der Waals surface area contributed by atoms with E-state index in [1.165, 1.54) is 4.90 Å². The van der Waals surface area contributed by atoms with Gasteiger partial charge in [-0.1, -0.05) is 20.3 Å². The second kappa shape index (κ2) is 11.5. The molecule has 0 aromatic carbocycles. The zero-order valence-corrected chi connectivity index (χ0v) is 17.2. The summed E-state index contributed by atoms with van der Waals surface area (Å²) < 4.78 is 0. The van der Waals surface area contributed by atoms with Crippen molar-refractivity contribution in [2.24, 2.45) is 17.4 Å². The molecule has 0 spiro atoms. The van der Waals surface area contributed by atoms with Gasteiger partial charge < -0.3 is 37.2 Å². The predicted molar refractivity (Wildman–Crippen MR) is 105 cm³/mol. The normalized spacial score (nSPS) is 20.0. The summed E-state index contributed by atoms with van der Waals surface area (Å²) in [5.41, 5.74) is 10.7. The van der Waals surface area contributed by atoms with Crippen LogP contribution in [0.5, 0.6) is 0 Å². The summed E-state index contributed by atoms with van der Waals surface area (Å²) in [6.07, 6.45) is 0.999. The molecule has 4 amide bonds. The minimum Gasteiger partial charge on any atom is -0.480 e. The van der Waals surface area contributed by atoms with Crippen LogP contribution in [0.4, 0.5) is 0 Å². The van der Waals surface area contributed by atoms with E-state index >= 15 is 0 Å². The van der Waals surface area contributed by atoms with Crippen LogP contribution in [0.1, 0.15) is 39.5 Å². The average Bonchev–Trinajstić information content (AvgIpc) is 3.17. The molecule has 0 radical (unpaired) electrons. The first-order valence-corrected chi connectivity index (χ1v) is 9.82. The molecule has 5 atom stereocenters. The van der Waals surface area contributed by atoms with Crippen molar-refractivity contribution in [2.75, 3.05) is 13.2 Å². The van der Waals surface area contributed by atoms with E-state index in [2.05, 4.69) is 10.6 Å². The van der Waals surface area contributed by atoms with Crippen LogP contribution in [-0.2, 0) is 24.0 Å². The first-order valence-electron chi connectivity index (χ1n) is 9.82. The number of carboxylic acids is 1. The van der Waals surface area contributed by atoms with Crippen LogP contribution in [0.15, 0.2) is 0 Å². The molecule has 30 heavy (non-hydrogen) atoms. The van der Waals surface area contributed by atoms with Gasteiger partial charge in [0.2, 0.25) is 23.6 Å². The van der Waals surface area contributed by atoms with Crippen LogP contribution in [0.3, 0.4) is 0 Å². The number of nitrogens with two attached hydrogens (primary N) is 2. The van der Waals surface area contributed by atoms with E-state index in [0.717, 1.165) is 0 Å². The highest BCUT2D eigenvalue weighted by Gasteiger charge is 2.40. The number of hydrogen-bond donors (Lipinski definition) is 6. The van der Waals surface area contributed by atoms with Gasteiger partial charge in [0.25, 0.3) is 0 Å². The number of carboxylic acid groups (broad SMARTS) is 1. The van der Waals surface area contributed by atoms with Gasteiger partial charge in [-0.2, -0.15) is 0 Å². The number of hydrogen-bond acceptors (Lipinski definition) is 7. The molecule has 0 aliphatic carbocycles. The molecule has 12 heteroatoms. The molecule has 1 rings (SSSR count). The van der Waals surface area contributed by atoms with Gasteiger partial charge >= 0.3 is 5.97 Å². The van der Waals surface area contributed by atoms with Gasteiger partial charge in [0, 0.05) is 6.54 Å². The summed E-state index contributed by atoms with van der Waals surface area (Å²) in [7, 11) is 0. The van der Waals surface area contributed by atoms with Gasteiger partial charge in [0.1, 0.15) is 18.1 Å². The summed E-state index contributed by atoms with van der Waals surface area (Å²) in [5, 5.41) is 22.9. The highest BCUT2D eigenvalue weighted by Crippen LogP contribution is 2.21. The van der Waals surface area contributed by atoms with Crippen molar-refractivity contribution in [1.82, 2.24) is 15.5 Å². The van der Waals surface area contributed by atoms with E-state index in [-0.39, 0.29) is 18.9 Å². The number of primary amides is 1. The first-order chi connectivity index (χ1) is 14.0. The molecule has 0 saturated carbocycles. The SMILES string of the molecule is CCC(C)C(NC(=O)C(N)CC(N)=O)C(=O)N1CCCC1C(=O)NC(CO)C(=O)O. The van der Waals surface area contributed by atoms with Gasteiger partial charge in [0.05, 0.1) is 19.1 Å². The lowest BCUT2D eigenvalue weighted by molar-refractivity contribution is -0.146. The summed E-state index contributed by atoms with van der Waals surface area (Å²) in [5.74, 6) is -4.35. The second-order valence-corrected chi connectivity index (χ2v) is 7.42. The van der Waals surface area contributed by atoms with E-state index in [1.54, 1.807) is 6.92 Å². The Balaban J connectivity index is 2.96. The number of amides is 4. The van der Waals surface area contributed by atoms with Crippen molar-refractivity contribution < 1.29 is 34.2 Å². The van der Waals surface area contributed by atoms with Crippen molar-refractivity contribution >= 4 is 29.6 Å². The van der Waals surface area contributed by atoms with E-state index in [9.17, 15) is 24.0 Å². The average molecular weight is 429 g/mol. The molecule has 0 bridgehead atoms. The molecular weight excluding hydrogens is 398 g/mol. The van der Waals surface area contributed by atoms with Gasteiger partial charge in [-0.25, -0.2) is 4.79 Å². The number of carbonyl (C=O) groups is 5. The van der Waals surface area contributed by atoms with Crippen molar-refractivity contribution in [3.8, 4) is 0 Å². The fourth-order valence-electron chi connectivity index (χ4n) is 3.19. The van der Waals surface area contributed by atoms with Crippen LogP contribution in [0.25, 0.3) is 0 Å². The van der Waals surface area contributed by atoms with Crippen molar-refractivity contribution in [2.45, 2.75) is 63.7 Å². The maximum Gasteiger partial charge on any atom is 0.328 e. The highest BCUT2D eigenvalue weighted by molar-refractivity contribution is 5.95. The van der Waals surface area contributed by atoms with Crippen LogP contribution in [0, 0.1) is 5.92 Å². The fraction of sp³-hybridized carbons (Fsp3) is 0.722. The van der Waals surface area contributed by atoms with Crippen molar-refractivity contribution in [1.29, 1.82) is 0 Å². The highest BCUT2D eigenvalue weighted by atomic mass is 16.4. The Morgan fingerprint density at radius 3 is 2.33 bits per heavy atom. The predicted octanol–water partition coefficient (Wildman–Crippen LogP) is -2.73. The summed E-state index contributed by atoms with van der Waals surface area (Å²) in [6, 6.07) is -4.59. The number of carbonyl (C=O) groups excluding carboxylic acids is 4. The lowest BCUT2D eigenvalue weighted by Gasteiger charge is -2.32. The van der Waals surface area contributed by atoms with Gasteiger partial charge in [-0.15, -0.1) is 0 Å². The second-order valence-electron chi connectivity index (χ2n) is 7.42. The van der Waals surface area contributed by atoms with Crippen LogP contribution in [0.2, 0.25) is 0 Å². The topological polar surface area (TPSA) is 205 Å². The van der Waals surface area contributed by atoms with Crippen LogP contribution >= 0.6 is 0 Å². The Kier molecular flexibility index (Phi) is 9.66. The van der Waals surface area contributed by atoms with Crippen molar-refractivity contribution in [3.63, 3.8) is 0 Å². The first kappa shape index (κ1) is 25.3. The lowest BCUT2D eigenvalue weighted by atomic mass is 9.96. The molecule has 12 nitrogen and oxygen atoms in total. The summed E-state index contributed by atoms with van der Waals surface area (Å²) >= 11 is 0. The number of aliphatic carboxylic acids is 1. The molecule has 1 aliphatic heterocycles. The third-order valence-electron chi connectivity index (χ3n) is 5.17. The number of likely N-dealkylation sites (tertiary alicyclic amines) is 1. The maximum absolute atomic E-state index is 13.2. The molecule has 5 unspecified atom stereocenters. The summed E-state index contributed by atoms with van der Waals surface area (Å²) in [4.78, 5) is 61.3. The largest absolute Gasteiger partial charge is 0.480 e. The van der Waals surface area contributed by atoms with Gasteiger partial charge in [0.15, 0.2) is 0 Å². The Labute approximate surface area is 174 Å². The monoisotopic (exact) mass is 429 g/mol. The Morgan fingerprint density at radius 2 is 1.83 bits per heavy atom. The third-order valence-corrected chi connectivity index (χ3v) is 5.17. The summed E-state index contributed by atoms with van der Waals surface area (Å²) in [6.45, 7) is 3.04. The minimum absolute atomic E-state index is 0.254. The molecule has 8 N–H and O–H groups in total. The molecule has 1 heterocycles. The number of nitrogens with one attached hydrogen (secondary N) is 2. The molecule has 1 aliphatic rings. The number of aliphatic hydroxyl groups is 1. The standard InChI is InChI=1S/C18H31N5O7/c1-3-9(2)14(22-15(26)10(19)7-13(20)25)17(28)23-6-4-5-12(23)16(27)21-11(8-24)18(29)30/h9-12,14,24H,3-8,19H2,1-2H3,(H2,20,25)(H,21,27)(H,22,26)(H,29,30). The smallest absolute Gasteiger partial charge is 0.328 e. The van der Waals surface area contributed by atoms with E-state index in [1.807, 2.05) is 6.92 Å². The fourth-order valence-corrected chi connectivity index (χ4v) is 3.19. The maximum atomic E-state index is 13.2. The van der Waals surface area contributed by atoms with E-state index in [4.69, 9.17) is 21.7 Å². The molecule has 1 fully saturated rings. The van der Waals surface area contributed by atoms with Crippen LogP contribution in [-0.4, -0.2) is 82.0 Å². The Hall–Kier alpha value is -2.73. The quantitative estimate of drug-likeness (QED) is 0.203. The molecule has 1 saturated heterocycles. The van der Waals surface area contributed by atoms with Gasteiger partial charge in [-0.3, -0.25) is 19.2 Å². The van der Waals surface area contributed by atoms with E-state index < -0.39 is 60.4 Å². The molecule has 0 aromatic heterocycles. The minimum atomic E-state index is -1.48. The number of aliphatic hydroxyl groups excluding tert-OH is 1. The Bertz CT molecular complexity index is 671. The zero-order valence-electron chi connectivity index (χ0n) is 17.2. The third kappa shape index (κ3) is 6.66. The van der Waals surface area contributed by atoms with E-state index in [0.29, 0.717) is 19.3 Å².